The molecule has 8 nitrogen and oxygen atoms in total. The lowest BCUT2D eigenvalue weighted by Gasteiger charge is -2.41. The lowest BCUT2D eigenvalue weighted by molar-refractivity contribution is -0.140. The summed E-state index contributed by atoms with van der Waals surface area (Å²) < 4.78 is 13.6. The molecule has 4 aliphatic heterocycles. The van der Waals surface area contributed by atoms with Crippen LogP contribution in [0.1, 0.15) is 86.7 Å². The maximum atomic E-state index is 13.7. The van der Waals surface area contributed by atoms with Crippen LogP contribution in [0.25, 0.3) is 0 Å². The predicted octanol–water partition coefficient (Wildman–Crippen LogP) is 4.93. The second kappa shape index (κ2) is 12.8. The number of nitrogens with zero attached hydrogens (tertiary/aromatic N) is 4. The zero-order valence-electron chi connectivity index (χ0n) is 27.3. The molecule has 246 valence electrons. The quantitative estimate of drug-likeness (QED) is 0.471. The minimum absolute atomic E-state index is 0.0546. The standard InChI is InChI=1S/C37H48FN5O3/c1-37(2,46)28-15-17-41(18-16-28)23-24-3-4-27-20-34(40-35(44)25-5-9-29(38)10-6-25)43(33(27)19-24)30-11-7-26(8-12-30)36(45)42-31-13-14-32(42)22-39-21-31/h3-6,9-10,19,26,28,30-32,39,46H,7-8,11-18,20-23H2,1-2H3/t26?,30?,31-,32+. The van der Waals surface area contributed by atoms with Crippen LogP contribution in [-0.4, -0.2) is 82.5 Å². The summed E-state index contributed by atoms with van der Waals surface area (Å²) in [5.74, 6) is 0.712. The summed E-state index contributed by atoms with van der Waals surface area (Å²) in [6.45, 7) is 8.41. The summed E-state index contributed by atoms with van der Waals surface area (Å²) in [4.78, 5) is 38.6. The highest BCUT2D eigenvalue weighted by molar-refractivity contribution is 6.12. The van der Waals surface area contributed by atoms with Gasteiger partial charge in [-0.2, -0.15) is 4.99 Å². The van der Waals surface area contributed by atoms with E-state index in [1.165, 1.54) is 29.8 Å². The van der Waals surface area contributed by atoms with E-state index in [9.17, 15) is 19.1 Å². The monoisotopic (exact) mass is 629 g/mol. The van der Waals surface area contributed by atoms with Gasteiger partial charge in [0.15, 0.2) is 0 Å². The largest absolute Gasteiger partial charge is 0.390 e. The normalized spacial score (nSPS) is 28.1. The number of benzene rings is 2. The number of anilines is 1. The van der Waals surface area contributed by atoms with E-state index in [-0.39, 0.29) is 23.7 Å². The number of carbonyl (C=O) groups is 2. The van der Waals surface area contributed by atoms with Gasteiger partial charge >= 0.3 is 0 Å². The Bertz CT molecular complexity index is 1450. The molecule has 2 amide bonds. The molecule has 2 aromatic rings. The van der Waals surface area contributed by atoms with E-state index < -0.39 is 5.60 Å². The van der Waals surface area contributed by atoms with E-state index >= 15 is 0 Å². The van der Waals surface area contributed by atoms with E-state index in [1.807, 2.05) is 13.8 Å². The molecule has 7 rings (SSSR count). The molecule has 9 heteroatoms. The number of carbonyl (C=O) groups excluding carboxylic acids is 2. The van der Waals surface area contributed by atoms with Gasteiger partial charge in [0, 0.05) is 61.3 Å². The van der Waals surface area contributed by atoms with Crippen LogP contribution in [-0.2, 0) is 17.8 Å². The van der Waals surface area contributed by atoms with Crippen LogP contribution in [0.2, 0.25) is 0 Å². The first kappa shape index (κ1) is 31.5. The van der Waals surface area contributed by atoms with Crippen molar-refractivity contribution in [2.24, 2.45) is 16.8 Å². The Hall–Kier alpha value is -3.14. The molecule has 0 unspecified atom stereocenters. The van der Waals surface area contributed by atoms with E-state index in [0.717, 1.165) is 101 Å². The van der Waals surface area contributed by atoms with E-state index in [0.29, 0.717) is 35.9 Å². The molecule has 5 aliphatic rings. The minimum Gasteiger partial charge on any atom is -0.390 e. The minimum atomic E-state index is -0.643. The Morgan fingerprint density at radius 2 is 1.57 bits per heavy atom. The first-order chi connectivity index (χ1) is 22.1. The van der Waals surface area contributed by atoms with Crippen molar-refractivity contribution in [3.8, 4) is 0 Å². The summed E-state index contributed by atoms with van der Waals surface area (Å²) in [6, 6.07) is 13.1. The fraction of sp³-hybridized carbons (Fsp3) is 0.595. The molecule has 0 spiro atoms. The molecule has 1 saturated carbocycles. The molecule has 2 aromatic carbocycles. The summed E-state index contributed by atoms with van der Waals surface area (Å²) >= 11 is 0. The Kier molecular flexibility index (Phi) is 8.76. The molecule has 4 fully saturated rings. The number of aliphatic hydroxyl groups is 1. The smallest absolute Gasteiger partial charge is 0.278 e. The second-order valence-electron chi connectivity index (χ2n) is 14.8. The van der Waals surface area contributed by atoms with Crippen LogP contribution in [0.4, 0.5) is 10.1 Å². The van der Waals surface area contributed by atoms with Crippen molar-refractivity contribution in [1.82, 2.24) is 15.1 Å². The fourth-order valence-electron chi connectivity index (χ4n) is 8.74. The van der Waals surface area contributed by atoms with E-state index in [4.69, 9.17) is 0 Å². The van der Waals surface area contributed by atoms with E-state index in [1.54, 1.807) is 0 Å². The highest BCUT2D eigenvalue weighted by Gasteiger charge is 2.43. The van der Waals surface area contributed by atoms with Gasteiger partial charge in [0.2, 0.25) is 5.91 Å². The number of amides is 2. The van der Waals surface area contributed by atoms with Crippen molar-refractivity contribution >= 4 is 23.3 Å². The van der Waals surface area contributed by atoms with Crippen molar-refractivity contribution in [3.63, 3.8) is 0 Å². The third kappa shape index (κ3) is 6.38. The van der Waals surface area contributed by atoms with Crippen molar-refractivity contribution in [3.05, 3.63) is 65.0 Å². The van der Waals surface area contributed by atoms with Crippen LogP contribution in [0.3, 0.4) is 0 Å². The lowest BCUT2D eigenvalue weighted by Crippen LogP contribution is -2.56. The summed E-state index contributed by atoms with van der Waals surface area (Å²) in [6.07, 6.45) is 8.17. The maximum absolute atomic E-state index is 13.7. The van der Waals surface area contributed by atoms with Crippen molar-refractivity contribution < 1.29 is 19.1 Å². The van der Waals surface area contributed by atoms with Gasteiger partial charge in [0.25, 0.3) is 5.91 Å². The van der Waals surface area contributed by atoms with Crippen LogP contribution in [0.15, 0.2) is 47.5 Å². The molecule has 0 aromatic heterocycles. The third-order valence-corrected chi connectivity index (χ3v) is 11.4. The number of rotatable bonds is 6. The highest BCUT2D eigenvalue weighted by Crippen LogP contribution is 2.40. The van der Waals surface area contributed by atoms with Gasteiger partial charge in [-0.3, -0.25) is 14.5 Å². The number of amidine groups is 1. The molecular formula is C37H48FN5O3. The van der Waals surface area contributed by atoms with Crippen molar-refractivity contribution in [2.45, 2.75) is 102 Å². The molecule has 0 radical (unpaired) electrons. The number of hydrogen-bond donors (Lipinski definition) is 2. The first-order valence-corrected chi connectivity index (χ1v) is 17.4. The topological polar surface area (TPSA) is 88.5 Å². The number of piperidine rings is 1. The summed E-state index contributed by atoms with van der Waals surface area (Å²) in [7, 11) is 0. The van der Waals surface area contributed by atoms with Crippen LogP contribution < -0.4 is 10.2 Å². The predicted molar refractivity (Wildman–Crippen MR) is 177 cm³/mol. The van der Waals surface area contributed by atoms with Gasteiger partial charge in [-0.25, -0.2) is 4.39 Å². The molecule has 2 bridgehead atoms. The van der Waals surface area contributed by atoms with E-state index in [2.05, 4.69) is 43.2 Å². The van der Waals surface area contributed by atoms with Crippen LogP contribution in [0.5, 0.6) is 0 Å². The second-order valence-corrected chi connectivity index (χ2v) is 14.8. The Morgan fingerprint density at radius 3 is 2.22 bits per heavy atom. The van der Waals surface area contributed by atoms with Gasteiger partial charge in [-0.1, -0.05) is 12.1 Å². The molecule has 1 aliphatic carbocycles. The molecule has 2 N–H and O–H groups in total. The SMILES string of the molecule is CC(C)(O)C1CCN(Cc2ccc3c(c2)N(C2CCC(C(=O)N4[C@@H]5CC[C@H]4CNC5)CC2)C(=NC(=O)c2ccc(F)cc2)C3)CC1. The number of likely N-dealkylation sites (tertiary alicyclic amines) is 1. The lowest BCUT2D eigenvalue weighted by atomic mass is 9.83. The molecule has 46 heavy (non-hydrogen) atoms. The number of hydrogen-bond acceptors (Lipinski definition) is 5. The van der Waals surface area contributed by atoms with Crippen LogP contribution in [0, 0.1) is 17.7 Å². The average Bonchev–Trinajstić information content (AvgIpc) is 3.52. The number of aliphatic imine (C=N–C) groups is 1. The number of piperazine rings is 1. The van der Waals surface area contributed by atoms with Gasteiger partial charge in [-0.15, -0.1) is 0 Å². The number of halogens is 1. The molecular weight excluding hydrogens is 581 g/mol. The van der Waals surface area contributed by atoms with Crippen LogP contribution >= 0.6 is 0 Å². The zero-order chi connectivity index (χ0) is 32.0. The van der Waals surface area contributed by atoms with Crippen molar-refractivity contribution in [2.75, 3.05) is 31.1 Å². The van der Waals surface area contributed by atoms with Gasteiger partial charge in [0.05, 0.1) is 5.60 Å². The molecule has 4 heterocycles. The number of fused-ring (bicyclic) bond motifs is 3. The molecule has 3 saturated heterocycles. The molecule has 2 atom stereocenters. The number of nitrogens with one attached hydrogen (secondary N) is 1. The van der Waals surface area contributed by atoms with Gasteiger partial charge < -0.3 is 20.2 Å². The fourth-order valence-corrected chi connectivity index (χ4v) is 8.74. The van der Waals surface area contributed by atoms with Crippen molar-refractivity contribution in [1.29, 1.82) is 0 Å². The Labute approximate surface area is 272 Å². The summed E-state index contributed by atoms with van der Waals surface area (Å²) in [5, 5.41) is 14.0. The Balaban J connectivity index is 1.10. The zero-order valence-corrected chi connectivity index (χ0v) is 27.3. The average molecular weight is 630 g/mol. The Morgan fingerprint density at radius 1 is 0.913 bits per heavy atom. The van der Waals surface area contributed by atoms with Gasteiger partial charge in [-0.05, 0) is 126 Å². The summed E-state index contributed by atoms with van der Waals surface area (Å²) in [5.41, 5.74) is 3.24. The van der Waals surface area contributed by atoms with Gasteiger partial charge in [0.1, 0.15) is 11.7 Å². The maximum Gasteiger partial charge on any atom is 0.278 e. The third-order valence-electron chi connectivity index (χ3n) is 11.4. The first-order valence-electron chi connectivity index (χ1n) is 17.4. The highest BCUT2D eigenvalue weighted by atomic mass is 19.1.